The zero-order chi connectivity index (χ0) is 14.7. The molecule has 0 saturated carbocycles. The van der Waals surface area contributed by atoms with E-state index in [4.69, 9.17) is 4.84 Å². The molecular formula is C18H17NO2. The highest BCUT2D eigenvalue weighted by Crippen LogP contribution is 2.36. The predicted molar refractivity (Wildman–Crippen MR) is 82.0 cm³/mol. The fraction of sp³-hybridized carbons (Fsp3) is 0.222. The van der Waals surface area contributed by atoms with Gasteiger partial charge in [-0.05, 0) is 5.56 Å². The van der Waals surface area contributed by atoms with Crippen molar-refractivity contribution in [3.63, 3.8) is 0 Å². The highest BCUT2D eigenvalue weighted by Gasteiger charge is 2.40. The Morgan fingerprint density at radius 3 is 2.29 bits per heavy atom. The number of hydrogen-bond acceptors (Lipinski definition) is 3. The minimum Gasteiger partial charge on any atom is -0.386 e. The van der Waals surface area contributed by atoms with Gasteiger partial charge in [-0.25, -0.2) is 0 Å². The molecule has 3 nitrogen and oxygen atoms in total. The molecule has 0 fully saturated rings. The summed E-state index contributed by atoms with van der Waals surface area (Å²) in [5.41, 5.74) is 2.66. The monoisotopic (exact) mass is 279 g/mol. The molecule has 2 unspecified atom stereocenters. The summed E-state index contributed by atoms with van der Waals surface area (Å²) >= 11 is 0. The van der Waals surface area contributed by atoms with Crippen LogP contribution in [0.5, 0.6) is 0 Å². The Labute approximate surface area is 124 Å². The van der Waals surface area contributed by atoms with Gasteiger partial charge in [-0.3, -0.25) is 4.79 Å². The Hall–Kier alpha value is -2.42. The minimum absolute atomic E-state index is 0.156. The number of Topliss-reactive ketones (excluding diaryl/α,β-unsaturated/α-hetero) is 1. The molecule has 0 amide bonds. The summed E-state index contributed by atoms with van der Waals surface area (Å²) in [6.07, 6.45) is 0.150. The van der Waals surface area contributed by atoms with Gasteiger partial charge < -0.3 is 4.84 Å². The highest BCUT2D eigenvalue weighted by molar-refractivity contribution is 6.14. The lowest BCUT2D eigenvalue weighted by molar-refractivity contribution is -0.123. The van der Waals surface area contributed by atoms with Crippen LogP contribution in [-0.4, -0.2) is 11.5 Å². The van der Waals surface area contributed by atoms with E-state index < -0.39 is 0 Å². The van der Waals surface area contributed by atoms with Gasteiger partial charge >= 0.3 is 0 Å². The number of hydrogen-bond donors (Lipinski definition) is 0. The largest absolute Gasteiger partial charge is 0.386 e. The summed E-state index contributed by atoms with van der Waals surface area (Å²) in [7, 11) is 0. The van der Waals surface area contributed by atoms with Crippen molar-refractivity contribution in [1.29, 1.82) is 0 Å². The number of benzene rings is 2. The summed E-state index contributed by atoms with van der Waals surface area (Å²) in [5, 5.41) is 4.21. The van der Waals surface area contributed by atoms with E-state index in [0.717, 1.165) is 16.8 Å². The Bertz CT molecular complexity index is 649. The third-order valence-corrected chi connectivity index (χ3v) is 3.75. The molecule has 2 aromatic rings. The van der Waals surface area contributed by atoms with Crippen molar-refractivity contribution in [3.8, 4) is 0 Å². The van der Waals surface area contributed by atoms with Crippen LogP contribution in [0.2, 0.25) is 0 Å². The normalized spacial score (nSPS) is 20.7. The molecule has 0 saturated heterocycles. The second-order valence-corrected chi connectivity index (χ2v) is 5.08. The van der Waals surface area contributed by atoms with Crippen molar-refractivity contribution in [2.45, 2.75) is 19.4 Å². The van der Waals surface area contributed by atoms with Gasteiger partial charge in [-0.15, -0.1) is 0 Å². The van der Waals surface area contributed by atoms with Crippen LogP contribution >= 0.6 is 0 Å². The maximum absolute atomic E-state index is 12.4. The first-order valence-electron chi connectivity index (χ1n) is 7.18. The summed E-state index contributed by atoms with van der Waals surface area (Å²) in [6, 6.07) is 19.6. The number of oxime groups is 1. The van der Waals surface area contributed by atoms with Crippen molar-refractivity contribution in [1.82, 2.24) is 0 Å². The molecular weight excluding hydrogens is 262 g/mol. The lowest BCUT2D eigenvalue weighted by Crippen LogP contribution is -2.26. The molecule has 0 radical (unpaired) electrons. The van der Waals surface area contributed by atoms with Crippen LogP contribution in [0.1, 0.15) is 30.6 Å². The maximum atomic E-state index is 12.4. The van der Waals surface area contributed by atoms with Crippen molar-refractivity contribution in [2.75, 3.05) is 0 Å². The van der Waals surface area contributed by atoms with E-state index in [2.05, 4.69) is 5.16 Å². The topological polar surface area (TPSA) is 38.7 Å². The minimum atomic E-state index is -0.334. The van der Waals surface area contributed by atoms with Crippen molar-refractivity contribution in [3.05, 3.63) is 71.8 Å². The van der Waals surface area contributed by atoms with Crippen LogP contribution in [0.3, 0.4) is 0 Å². The summed E-state index contributed by atoms with van der Waals surface area (Å²) in [4.78, 5) is 18.0. The molecule has 0 bridgehead atoms. The van der Waals surface area contributed by atoms with Crippen LogP contribution in [0.4, 0.5) is 0 Å². The summed E-state index contributed by atoms with van der Waals surface area (Å²) < 4.78 is 0. The van der Waals surface area contributed by atoms with Crippen molar-refractivity contribution >= 4 is 11.5 Å². The van der Waals surface area contributed by atoms with Gasteiger partial charge in [0.05, 0.1) is 0 Å². The second kappa shape index (κ2) is 5.92. The van der Waals surface area contributed by atoms with Crippen LogP contribution < -0.4 is 0 Å². The second-order valence-electron chi connectivity index (χ2n) is 5.08. The molecule has 2 aromatic carbocycles. The first-order valence-corrected chi connectivity index (χ1v) is 7.18. The molecule has 1 aliphatic heterocycles. The lowest BCUT2D eigenvalue weighted by Gasteiger charge is -2.17. The number of carbonyl (C=O) groups is 1. The molecule has 2 atom stereocenters. The zero-order valence-electron chi connectivity index (χ0n) is 11.9. The summed E-state index contributed by atoms with van der Waals surface area (Å²) in [5.74, 6) is -0.177. The van der Waals surface area contributed by atoms with Crippen molar-refractivity contribution in [2.24, 2.45) is 11.1 Å². The van der Waals surface area contributed by atoms with Gasteiger partial charge in [0.25, 0.3) is 0 Å². The zero-order valence-corrected chi connectivity index (χ0v) is 11.9. The number of carbonyl (C=O) groups excluding carboxylic acids is 1. The molecule has 0 aromatic heterocycles. The quantitative estimate of drug-likeness (QED) is 0.854. The van der Waals surface area contributed by atoms with Crippen LogP contribution in [0, 0.1) is 5.92 Å². The van der Waals surface area contributed by atoms with E-state index in [9.17, 15) is 4.79 Å². The molecule has 0 N–H and O–H groups in total. The van der Waals surface area contributed by atoms with E-state index in [0.29, 0.717) is 6.42 Å². The first-order chi connectivity index (χ1) is 10.3. The maximum Gasteiger partial charge on any atom is 0.168 e. The molecule has 21 heavy (non-hydrogen) atoms. The average Bonchev–Trinajstić information content (AvgIpc) is 3.00. The van der Waals surface area contributed by atoms with Gasteiger partial charge in [0, 0.05) is 12.0 Å². The molecule has 0 spiro atoms. The van der Waals surface area contributed by atoms with Gasteiger partial charge in [0.1, 0.15) is 17.4 Å². The highest BCUT2D eigenvalue weighted by atomic mass is 16.6. The fourth-order valence-electron chi connectivity index (χ4n) is 2.65. The Kier molecular flexibility index (Phi) is 3.82. The average molecular weight is 279 g/mol. The van der Waals surface area contributed by atoms with Gasteiger partial charge in [0.15, 0.2) is 6.10 Å². The Balaban J connectivity index is 1.98. The third kappa shape index (κ3) is 2.59. The van der Waals surface area contributed by atoms with Crippen LogP contribution in [0.25, 0.3) is 0 Å². The van der Waals surface area contributed by atoms with Gasteiger partial charge in [-0.2, -0.15) is 0 Å². The Morgan fingerprint density at radius 2 is 1.67 bits per heavy atom. The van der Waals surface area contributed by atoms with Crippen LogP contribution in [0.15, 0.2) is 65.8 Å². The predicted octanol–water partition coefficient (Wildman–Crippen LogP) is 3.76. The van der Waals surface area contributed by atoms with E-state index >= 15 is 0 Å². The van der Waals surface area contributed by atoms with E-state index in [1.54, 1.807) is 0 Å². The SMILES string of the molecule is CCC(=O)C1C(c2ccccc2)=NOC1c1ccccc1. The first kappa shape index (κ1) is 13.6. The van der Waals surface area contributed by atoms with E-state index in [-0.39, 0.29) is 17.8 Å². The Morgan fingerprint density at radius 1 is 1.05 bits per heavy atom. The smallest absolute Gasteiger partial charge is 0.168 e. The molecule has 3 heteroatoms. The van der Waals surface area contributed by atoms with Gasteiger partial charge in [-0.1, -0.05) is 72.7 Å². The molecule has 0 aliphatic carbocycles. The number of rotatable bonds is 4. The molecule has 1 aliphatic rings. The summed E-state index contributed by atoms with van der Waals surface area (Å²) in [6.45, 7) is 1.88. The van der Waals surface area contributed by atoms with Gasteiger partial charge in [0.2, 0.25) is 0 Å². The lowest BCUT2D eigenvalue weighted by atomic mass is 9.85. The van der Waals surface area contributed by atoms with Crippen LogP contribution in [-0.2, 0) is 9.63 Å². The molecule has 3 rings (SSSR count). The number of nitrogens with zero attached hydrogens (tertiary/aromatic N) is 1. The number of ketones is 1. The fourth-order valence-corrected chi connectivity index (χ4v) is 2.65. The third-order valence-electron chi connectivity index (χ3n) is 3.75. The molecule has 106 valence electrons. The standard InChI is InChI=1S/C18H17NO2/c1-2-15(20)16-17(13-9-5-3-6-10-13)19-21-18(16)14-11-7-4-8-12-14/h3-12,16,18H,2H2,1H3. The van der Waals surface area contributed by atoms with E-state index in [1.165, 1.54) is 0 Å². The van der Waals surface area contributed by atoms with Crippen molar-refractivity contribution < 1.29 is 9.63 Å². The molecule has 1 heterocycles. The van der Waals surface area contributed by atoms with E-state index in [1.807, 2.05) is 67.6 Å².